The van der Waals surface area contributed by atoms with Crippen LogP contribution in [-0.4, -0.2) is 19.4 Å². The average Bonchev–Trinajstić information content (AvgIpc) is 2.25. The Morgan fingerprint density at radius 1 is 1.35 bits per heavy atom. The first kappa shape index (κ1) is 13.7. The number of methoxy groups -OCH3 is 1. The van der Waals surface area contributed by atoms with Crippen molar-refractivity contribution in [3.05, 3.63) is 28.8 Å². The minimum absolute atomic E-state index is 0.0318. The molecule has 1 aromatic rings. The molecule has 0 aliphatic heterocycles. The molecule has 0 aromatic heterocycles. The van der Waals surface area contributed by atoms with Crippen LogP contribution in [0.5, 0.6) is 5.75 Å². The van der Waals surface area contributed by atoms with Crippen LogP contribution in [0.15, 0.2) is 12.1 Å². The predicted octanol–water partition coefficient (Wildman–Crippen LogP) is 2.44. The molecule has 0 unspecified atom stereocenters. The highest BCUT2D eigenvalue weighted by Crippen LogP contribution is 2.33. The fourth-order valence-corrected chi connectivity index (χ4v) is 1.85. The van der Waals surface area contributed by atoms with Crippen molar-refractivity contribution in [3.8, 4) is 5.75 Å². The molecule has 0 spiro atoms. The van der Waals surface area contributed by atoms with Crippen LogP contribution in [0.2, 0.25) is 0 Å². The molecule has 0 amide bonds. The normalized spacial score (nSPS) is 11.4. The van der Waals surface area contributed by atoms with Gasteiger partial charge in [-0.1, -0.05) is 20.8 Å². The maximum Gasteiger partial charge on any atom is 0.176 e. The number of nitrogens with two attached hydrogens (primary N) is 1. The number of Topliss-reactive ketones (excluding diaryl/α,β-unsaturated/α-hetero) is 1. The molecule has 94 valence electrons. The van der Waals surface area contributed by atoms with Crippen LogP contribution in [0.4, 0.5) is 0 Å². The summed E-state index contributed by atoms with van der Waals surface area (Å²) in [6.07, 6.45) is 0. The molecule has 3 heteroatoms. The lowest BCUT2D eigenvalue weighted by Crippen LogP contribution is -2.18. The van der Waals surface area contributed by atoms with Crippen molar-refractivity contribution >= 4 is 5.78 Å². The van der Waals surface area contributed by atoms with E-state index in [2.05, 4.69) is 20.8 Å². The summed E-state index contributed by atoms with van der Waals surface area (Å²) in [5, 5.41) is 0. The van der Waals surface area contributed by atoms with E-state index in [4.69, 9.17) is 10.5 Å². The zero-order chi connectivity index (χ0) is 13.2. The summed E-state index contributed by atoms with van der Waals surface area (Å²) >= 11 is 0. The van der Waals surface area contributed by atoms with Crippen molar-refractivity contribution in [3.63, 3.8) is 0 Å². The van der Waals surface area contributed by atoms with E-state index < -0.39 is 0 Å². The second-order valence-corrected chi connectivity index (χ2v) is 5.24. The number of ketones is 1. The van der Waals surface area contributed by atoms with Crippen molar-refractivity contribution in [1.82, 2.24) is 0 Å². The van der Waals surface area contributed by atoms with Gasteiger partial charge in [0.05, 0.1) is 13.7 Å². The summed E-state index contributed by atoms with van der Waals surface area (Å²) in [7, 11) is 1.65. The molecule has 0 aliphatic rings. The van der Waals surface area contributed by atoms with E-state index in [1.54, 1.807) is 7.11 Å². The molecule has 0 saturated carbocycles. The molecule has 1 rings (SSSR count). The third kappa shape index (κ3) is 2.86. The van der Waals surface area contributed by atoms with Gasteiger partial charge >= 0.3 is 0 Å². The quantitative estimate of drug-likeness (QED) is 0.819. The van der Waals surface area contributed by atoms with E-state index in [-0.39, 0.29) is 17.7 Å². The minimum atomic E-state index is -0.0668. The lowest BCUT2D eigenvalue weighted by atomic mass is 9.84. The van der Waals surface area contributed by atoms with Crippen LogP contribution in [0.3, 0.4) is 0 Å². The summed E-state index contributed by atoms with van der Waals surface area (Å²) < 4.78 is 5.38. The second-order valence-electron chi connectivity index (χ2n) is 5.24. The number of hydrogen-bond acceptors (Lipinski definition) is 3. The van der Waals surface area contributed by atoms with Crippen molar-refractivity contribution in [1.29, 1.82) is 0 Å². The van der Waals surface area contributed by atoms with Gasteiger partial charge in [-0.05, 0) is 30.0 Å². The van der Waals surface area contributed by atoms with Gasteiger partial charge in [0, 0.05) is 11.1 Å². The Labute approximate surface area is 103 Å². The van der Waals surface area contributed by atoms with Gasteiger partial charge in [0.15, 0.2) is 5.78 Å². The lowest BCUT2D eigenvalue weighted by Gasteiger charge is -2.23. The third-order valence-electron chi connectivity index (χ3n) is 2.84. The highest BCUT2D eigenvalue weighted by atomic mass is 16.5. The van der Waals surface area contributed by atoms with Crippen LogP contribution in [0, 0.1) is 6.92 Å². The van der Waals surface area contributed by atoms with Gasteiger partial charge in [-0.3, -0.25) is 4.79 Å². The molecule has 2 N–H and O–H groups in total. The van der Waals surface area contributed by atoms with E-state index in [0.29, 0.717) is 5.56 Å². The third-order valence-corrected chi connectivity index (χ3v) is 2.84. The molecule has 17 heavy (non-hydrogen) atoms. The van der Waals surface area contributed by atoms with Gasteiger partial charge in [0.25, 0.3) is 0 Å². The standard InChI is InChI=1S/C14H21NO2/c1-9-6-13(17-5)11(14(2,3)4)7-10(9)12(16)8-15/h6-7H,8,15H2,1-5H3. The van der Waals surface area contributed by atoms with E-state index in [1.807, 2.05) is 19.1 Å². The highest BCUT2D eigenvalue weighted by Gasteiger charge is 2.21. The minimum Gasteiger partial charge on any atom is -0.496 e. The number of aryl methyl sites for hydroxylation is 1. The number of rotatable bonds is 3. The number of ether oxygens (including phenoxy) is 1. The number of carbonyl (C=O) groups is 1. The first-order chi connectivity index (χ1) is 7.81. The van der Waals surface area contributed by atoms with Crippen molar-refractivity contribution < 1.29 is 9.53 Å². The molecule has 0 radical (unpaired) electrons. The van der Waals surface area contributed by atoms with E-state index in [9.17, 15) is 4.79 Å². The Morgan fingerprint density at radius 2 is 1.94 bits per heavy atom. The smallest absolute Gasteiger partial charge is 0.176 e. The molecule has 3 nitrogen and oxygen atoms in total. The van der Waals surface area contributed by atoms with Crippen LogP contribution in [0.25, 0.3) is 0 Å². The second kappa shape index (κ2) is 4.88. The summed E-state index contributed by atoms with van der Waals surface area (Å²) in [4.78, 5) is 11.7. The van der Waals surface area contributed by atoms with E-state index in [0.717, 1.165) is 16.9 Å². The first-order valence-corrected chi connectivity index (χ1v) is 5.73. The molecule has 0 bridgehead atoms. The van der Waals surface area contributed by atoms with Gasteiger partial charge in [-0.15, -0.1) is 0 Å². The van der Waals surface area contributed by atoms with Crippen molar-refractivity contribution in [2.45, 2.75) is 33.1 Å². The Balaban J connectivity index is 3.43. The van der Waals surface area contributed by atoms with Gasteiger partial charge in [-0.25, -0.2) is 0 Å². The average molecular weight is 235 g/mol. The summed E-state index contributed by atoms with van der Waals surface area (Å²) in [6.45, 7) is 8.22. The van der Waals surface area contributed by atoms with Gasteiger partial charge in [-0.2, -0.15) is 0 Å². The molecule has 0 heterocycles. The van der Waals surface area contributed by atoms with Gasteiger partial charge in [0.2, 0.25) is 0 Å². The molecule has 0 saturated heterocycles. The fraction of sp³-hybridized carbons (Fsp3) is 0.500. The molecule has 0 atom stereocenters. The molecule has 1 aromatic carbocycles. The van der Waals surface area contributed by atoms with E-state index >= 15 is 0 Å². The van der Waals surface area contributed by atoms with Gasteiger partial charge < -0.3 is 10.5 Å². The van der Waals surface area contributed by atoms with Crippen molar-refractivity contribution in [2.24, 2.45) is 5.73 Å². The molecule has 0 fully saturated rings. The Hall–Kier alpha value is -1.35. The number of benzene rings is 1. The summed E-state index contributed by atoms with van der Waals surface area (Å²) in [5.41, 5.74) is 7.99. The maximum atomic E-state index is 11.7. The SMILES string of the molecule is COc1cc(C)c(C(=O)CN)cc1C(C)(C)C. The zero-order valence-electron chi connectivity index (χ0n) is 11.3. The number of hydrogen-bond donors (Lipinski definition) is 1. The lowest BCUT2D eigenvalue weighted by molar-refractivity contribution is 0.100. The van der Waals surface area contributed by atoms with Crippen LogP contribution >= 0.6 is 0 Å². The monoisotopic (exact) mass is 235 g/mol. The Kier molecular flexibility index (Phi) is 3.94. The van der Waals surface area contributed by atoms with Crippen molar-refractivity contribution in [2.75, 3.05) is 13.7 Å². The predicted molar refractivity (Wildman–Crippen MR) is 69.8 cm³/mol. The first-order valence-electron chi connectivity index (χ1n) is 5.73. The zero-order valence-corrected chi connectivity index (χ0v) is 11.3. The topological polar surface area (TPSA) is 52.3 Å². The number of carbonyl (C=O) groups excluding carboxylic acids is 1. The Bertz CT molecular complexity index is 431. The van der Waals surface area contributed by atoms with E-state index in [1.165, 1.54) is 0 Å². The molecular weight excluding hydrogens is 214 g/mol. The van der Waals surface area contributed by atoms with Gasteiger partial charge in [0.1, 0.15) is 5.75 Å². The largest absolute Gasteiger partial charge is 0.496 e. The maximum absolute atomic E-state index is 11.7. The van der Waals surface area contributed by atoms with Crippen LogP contribution in [0.1, 0.15) is 42.3 Å². The van der Waals surface area contributed by atoms with Crippen LogP contribution in [-0.2, 0) is 5.41 Å². The summed E-state index contributed by atoms with van der Waals surface area (Å²) in [5.74, 6) is 0.791. The highest BCUT2D eigenvalue weighted by molar-refractivity contribution is 5.99. The Morgan fingerprint density at radius 3 is 2.35 bits per heavy atom. The molecular formula is C14H21NO2. The molecule has 0 aliphatic carbocycles. The van der Waals surface area contributed by atoms with Crippen LogP contribution < -0.4 is 10.5 Å². The summed E-state index contributed by atoms with van der Waals surface area (Å²) in [6, 6.07) is 3.81. The fourth-order valence-electron chi connectivity index (χ4n) is 1.85.